The Bertz CT molecular complexity index is 664. The molecular formula is C16H16Cl2N2O. The summed E-state index contributed by atoms with van der Waals surface area (Å²) >= 11 is 12.2. The second-order valence-corrected chi connectivity index (χ2v) is 6.54. The van der Waals surface area contributed by atoms with Gasteiger partial charge in [0.05, 0.1) is 15.5 Å². The molecule has 0 radical (unpaired) electrons. The lowest BCUT2D eigenvalue weighted by Gasteiger charge is -2.30. The Morgan fingerprint density at radius 2 is 2.19 bits per heavy atom. The maximum Gasteiger partial charge on any atom is 0.239 e. The molecule has 1 saturated heterocycles. The van der Waals surface area contributed by atoms with Gasteiger partial charge >= 0.3 is 0 Å². The molecular weight excluding hydrogens is 307 g/mol. The summed E-state index contributed by atoms with van der Waals surface area (Å²) in [7, 11) is 0. The fraction of sp³-hybridized carbons (Fsp3) is 0.438. The van der Waals surface area contributed by atoms with E-state index in [1.54, 1.807) is 6.92 Å². The van der Waals surface area contributed by atoms with Gasteiger partial charge < -0.3 is 5.32 Å². The molecule has 3 nitrogen and oxygen atoms in total. The topological polar surface area (TPSA) is 41.1 Å². The summed E-state index contributed by atoms with van der Waals surface area (Å²) < 4.78 is 0. The van der Waals surface area contributed by atoms with Crippen molar-refractivity contribution in [2.45, 2.75) is 25.2 Å². The SMILES string of the molecule is CC#CNC(=O)[C@@]12CNCC[C@]1(c1ccc(Cl)c(Cl)c1)C2. The van der Waals surface area contributed by atoms with Crippen LogP contribution in [0.25, 0.3) is 0 Å². The molecule has 1 heterocycles. The van der Waals surface area contributed by atoms with E-state index in [0.717, 1.165) is 24.9 Å². The predicted octanol–water partition coefficient (Wildman–Crippen LogP) is 2.71. The average molecular weight is 323 g/mol. The lowest BCUT2D eigenvalue weighted by Crippen LogP contribution is -2.46. The van der Waals surface area contributed by atoms with Gasteiger partial charge in [-0.05, 0) is 44.0 Å². The van der Waals surface area contributed by atoms with E-state index >= 15 is 0 Å². The first-order chi connectivity index (χ1) is 10.1. The molecule has 21 heavy (non-hydrogen) atoms. The Morgan fingerprint density at radius 1 is 1.38 bits per heavy atom. The quantitative estimate of drug-likeness (QED) is 0.649. The zero-order chi connectivity index (χ0) is 15.1. The van der Waals surface area contributed by atoms with E-state index in [9.17, 15) is 4.79 Å². The van der Waals surface area contributed by atoms with Gasteiger partial charge in [-0.2, -0.15) is 0 Å². The number of piperidine rings is 1. The van der Waals surface area contributed by atoms with Gasteiger partial charge in [-0.25, -0.2) is 0 Å². The van der Waals surface area contributed by atoms with Crippen molar-refractivity contribution >= 4 is 29.1 Å². The number of carbonyl (C=O) groups excluding carboxylic acids is 1. The van der Waals surface area contributed by atoms with Crippen LogP contribution >= 0.6 is 23.2 Å². The van der Waals surface area contributed by atoms with Gasteiger partial charge in [-0.3, -0.25) is 10.1 Å². The van der Waals surface area contributed by atoms with Crippen LogP contribution in [0.5, 0.6) is 0 Å². The summed E-state index contributed by atoms with van der Waals surface area (Å²) in [4.78, 5) is 12.5. The van der Waals surface area contributed by atoms with E-state index in [4.69, 9.17) is 23.2 Å². The molecule has 1 aliphatic heterocycles. The van der Waals surface area contributed by atoms with Gasteiger partial charge in [0.1, 0.15) is 0 Å². The van der Waals surface area contributed by atoms with Crippen molar-refractivity contribution in [1.29, 1.82) is 0 Å². The lowest BCUT2D eigenvalue weighted by molar-refractivity contribution is -0.126. The highest BCUT2D eigenvalue weighted by molar-refractivity contribution is 6.42. The average Bonchev–Trinajstić information content (AvgIpc) is 3.19. The number of nitrogens with one attached hydrogen (secondary N) is 2. The normalized spacial score (nSPS) is 29.9. The van der Waals surface area contributed by atoms with Crippen molar-refractivity contribution in [2.24, 2.45) is 5.41 Å². The van der Waals surface area contributed by atoms with E-state index < -0.39 is 5.41 Å². The highest BCUT2D eigenvalue weighted by Gasteiger charge is 2.72. The van der Waals surface area contributed by atoms with Crippen LogP contribution in [-0.2, 0) is 10.2 Å². The van der Waals surface area contributed by atoms with Crippen molar-refractivity contribution in [3.63, 3.8) is 0 Å². The maximum absolute atomic E-state index is 12.5. The first kappa shape index (κ1) is 14.7. The first-order valence-electron chi connectivity index (χ1n) is 6.94. The molecule has 1 aliphatic carbocycles. The minimum absolute atomic E-state index is 0.00452. The summed E-state index contributed by atoms with van der Waals surface area (Å²) in [5.74, 6) is 2.70. The largest absolute Gasteiger partial charge is 0.316 e. The van der Waals surface area contributed by atoms with Crippen LogP contribution < -0.4 is 10.6 Å². The summed E-state index contributed by atoms with van der Waals surface area (Å²) in [6.45, 7) is 3.27. The van der Waals surface area contributed by atoms with Gasteiger partial charge in [0.2, 0.25) is 5.91 Å². The van der Waals surface area contributed by atoms with Gasteiger partial charge in [0, 0.05) is 18.0 Å². The minimum Gasteiger partial charge on any atom is -0.316 e. The minimum atomic E-state index is -0.424. The Hall–Kier alpha value is -1.21. The molecule has 1 saturated carbocycles. The van der Waals surface area contributed by atoms with Crippen LogP contribution in [0, 0.1) is 17.4 Å². The summed E-state index contributed by atoms with van der Waals surface area (Å²) in [5, 5.41) is 7.11. The Balaban J connectivity index is 1.97. The summed E-state index contributed by atoms with van der Waals surface area (Å²) in [6.07, 6.45) is 1.74. The van der Waals surface area contributed by atoms with Crippen molar-refractivity contribution in [3.05, 3.63) is 33.8 Å². The lowest BCUT2D eigenvalue weighted by atomic mass is 9.80. The Kier molecular flexibility index (Phi) is 3.65. The van der Waals surface area contributed by atoms with E-state index in [1.165, 1.54) is 0 Å². The fourth-order valence-corrected chi connectivity index (χ4v) is 3.87. The molecule has 110 valence electrons. The first-order valence-corrected chi connectivity index (χ1v) is 7.70. The molecule has 1 amide bonds. The van der Waals surface area contributed by atoms with Crippen molar-refractivity contribution in [3.8, 4) is 12.0 Å². The number of carbonyl (C=O) groups is 1. The monoisotopic (exact) mass is 322 g/mol. The van der Waals surface area contributed by atoms with E-state index in [1.807, 2.05) is 18.2 Å². The van der Waals surface area contributed by atoms with Crippen molar-refractivity contribution in [1.82, 2.24) is 10.6 Å². The maximum atomic E-state index is 12.5. The Morgan fingerprint density at radius 3 is 2.90 bits per heavy atom. The fourth-order valence-electron chi connectivity index (χ4n) is 3.57. The van der Waals surface area contributed by atoms with Gasteiger partial charge in [-0.1, -0.05) is 35.2 Å². The molecule has 0 unspecified atom stereocenters. The molecule has 1 aromatic carbocycles. The van der Waals surface area contributed by atoms with E-state index in [0.29, 0.717) is 16.6 Å². The molecule has 0 spiro atoms. The molecule has 5 heteroatoms. The number of benzene rings is 1. The molecule has 0 bridgehead atoms. The number of hydrogen-bond acceptors (Lipinski definition) is 2. The zero-order valence-corrected chi connectivity index (χ0v) is 13.2. The molecule has 2 N–H and O–H groups in total. The summed E-state index contributed by atoms with van der Waals surface area (Å²) in [5.41, 5.74) is 0.524. The third-order valence-electron chi connectivity index (χ3n) is 4.76. The number of amides is 1. The molecule has 0 aromatic heterocycles. The van der Waals surface area contributed by atoms with Crippen LogP contribution in [0.3, 0.4) is 0 Å². The zero-order valence-electron chi connectivity index (χ0n) is 11.7. The van der Waals surface area contributed by atoms with Crippen LogP contribution in [0.2, 0.25) is 10.0 Å². The number of rotatable bonds is 2. The molecule has 3 rings (SSSR count). The Labute approximate surface area is 134 Å². The number of hydrogen-bond donors (Lipinski definition) is 2. The van der Waals surface area contributed by atoms with E-state index in [2.05, 4.69) is 22.6 Å². The third-order valence-corrected chi connectivity index (χ3v) is 5.50. The smallest absolute Gasteiger partial charge is 0.239 e. The van der Waals surface area contributed by atoms with E-state index in [-0.39, 0.29) is 11.3 Å². The molecule has 1 aromatic rings. The number of halogens is 2. The van der Waals surface area contributed by atoms with Crippen LogP contribution in [0.15, 0.2) is 18.2 Å². The third kappa shape index (κ3) is 2.14. The van der Waals surface area contributed by atoms with Crippen molar-refractivity contribution < 1.29 is 4.79 Å². The second-order valence-electron chi connectivity index (χ2n) is 5.73. The standard InChI is InChI=1S/C16H16Cl2N2O/c1-2-6-20-14(21)16-9-15(16,5-7-19-10-16)11-3-4-12(17)13(18)8-11/h3-4,8,19H,5,7,9-10H2,1H3,(H,20,21)/t15-,16-/m1/s1. The molecule has 2 aliphatic rings. The highest BCUT2D eigenvalue weighted by Crippen LogP contribution is 2.68. The van der Waals surface area contributed by atoms with Crippen LogP contribution in [-0.4, -0.2) is 19.0 Å². The molecule has 2 atom stereocenters. The summed E-state index contributed by atoms with van der Waals surface area (Å²) in [6, 6.07) is 8.35. The van der Waals surface area contributed by atoms with Gasteiger partial charge in [0.15, 0.2) is 0 Å². The highest BCUT2D eigenvalue weighted by atomic mass is 35.5. The molecule has 2 fully saturated rings. The van der Waals surface area contributed by atoms with Crippen LogP contribution in [0.4, 0.5) is 0 Å². The van der Waals surface area contributed by atoms with Crippen LogP contribution in [0.1, 0.15) is 25.3 Å². The van der Waals surface area contributed by atoms with Crippen molar-refractivity contribution in [2.75, 3.05) is 13.1 Å². The predicted molar refractivity (Wildman–Crippen MR) is 84.3 cm³/mol. The van der Waals surface area contributed by atoms with Gasteiger partial charge in [-0.15, -0.1) is 0 Å². The second kappa shape index (κ2) is 5.21. The van der Waals surface area contributed by atoms with Gasteiger partial charge in [0.25, 0.3) is 0 Å². The number of fused-ring (bicyclic) bond motifs is 1.